The molecule has 0 bridgehead atoms. The van der Waals surface area contributed by atoms with Gasteiger partial charge in [0.25, 0.3) is 5.95 Å². The maximum atomic E-state index is 13.0. The van der Waals surface area contributed by atoms with Crippen LogP contribution in [0.1, 0.15) is 22.7 Å². The van der Waals surface area contributed by atoms with Crippen LogP contribution in [0.5, 0.6) is 0 Å². The number of fused-ring (bicyclic) bond motifs is 1. The van der Waals surface area contributed by atoms with Crippen LogP contribution < -0.4 is 10.2 Å². The van der Waals surface area contributed by atoms with Gasteiger partial charge in [0.1, 0.15) is 12.6 Å². The Kier molecular flexibility index (Phi) is 5.62. The lowest BCUT2D eigenvalue weighted by Crippen LogP contribution is -2.37. The van der Waals surface area contributed by atoms with Gasteiger partial charge in [0, 0.05) is 10.7 Å². The number of nitrogens with zero attached hydrogens (tertiary/aromatic N) is 5. The second-order valence-electron chi connectivity index (χ2n) is 7.84. The van der Waals surface area contributed by atoms with E-state index in [0.29, 0.717) is 16.7 Å². The first-order valence-electron chi connectivity index (χ1n) is 10.5. The van der Waals surface area contributed by atoms with Crippen molar-refractivity contribution in [2.24, 2.45) is 0 Å². The van der Waals surface area contributed by atoms with E-state index in [-0.39, 0.29) is 18.5 Å². The summed E-state index contributed by atoms with van der Waals surface area (Å²) >= 11 is 6.06. The van der Waals surface area contributed by atoms with Crippen molar-refractivity contribution in [1.82, 2.24) is 20.2 Å². The molecule has 1 aliphatic rings. The SMILES string of the molecule is Cc1ccc([C@@H]2C=C(c3ccccc3)N(CC(=O)Nc3cccc(Cl)c3)c3nnnn32)cc1. The molecule has 8 heteroatoms. The summed E-state index contributed by atoms with van der Waals surface area (Å²) in [4.78, 5) is 14.8. The fourth-order valence-electron chi connectivity index (χ4n) is 3.89. The van der Waals surface area contributed by atoms with Crippen LogP contribution in [0.2, 0.25) is 5.02 Å². The highest BCUT2D eigenvalue weighted by Crippen LogP contribution is 2.36. The fourth-order valence-corrected chi connectivity index (χ4v) is 4.08. The number of rotatable bonds is 5. The summed E-state index contributed by atoms with van der Waals surface area (Å²) in [6, 6.07) is 25.1. The summed E-state index contributed by atoms with van der Waals surface area (Å²) in [6.07, 6.45) is 2.09. The molecule has 164 valence electrons. The summed E-state index contributed by atoms with van der Waals surface area (Å²) in [5, 5.41) is 15.9. The highest BCUT2D eigenvalue weighted by Gasteiger charge is 2.31. The first kappa shape index (κ1) is 20.9. The molecule has 1 N–H and O–H groups in total. The van der Waals surface area contributed by atoms with E-state index in [1.165, 1.54) is 5.56 Å². The molecule has 0 unspecified atom stereocenters. The van der Waals surface area contributed by atoms with Gasteiger partial charge in [-0.05, 0) is 52.8 Å². The number of carbonyl (C=O) groups is 1. The van der Waals surface area contributed by atoms with E-state index >= 15 is 0 Å². The van der Waals surface area contributed by atoms with Gasteiger partial charge in [-0.15, -0.1) is 0 Å². The van der Waals surface area contributed by atoms with Crippen molar-refractivity contribution in [2.75, 3.05) is 16.8 Å². The lowest BCUT2D eigenvalue weighted by molar-refractivity contribution is -0.114. The van der Waals surface area contributed by atoms with E-state index in [9.17, 15) is 4.79 Å². The number of anilines is 2. The number of hydrogen-bond acceptors (Lipinski definition) is 5. The predicted molar refractivity (Wildman–Crippen MR) is 129 cm³/mol. The van der Waals surface area contributed by atoms with E-state index < -0.39 is 0 Å². The zero-order chi connectivity index (χ0) is 22.8. The van der Waals surface area contributed by atoms with Crippen LogP contribution in [0.3, 0.4) is 0 Å². The maximum absolute atomic E-state index is 13.0. The van der Waals surface area contributed by atoms with Crippen molar-refractivity contribution in [3.05, 3.63) is 107 Å². The molecule has 7 nitrogen and oxygen atoms in total. The minimum Gasteiger partial charge on any atom is -0.324 e. The third-order valence-corrected chi connectivity index (χ3v) is 5.72. The first-order valence-corrected chi connectivity index (χ1v) is 10.9. The molecule has 0 aliphatic carbocycles. The summed E-state index contributed by atoms with van der Waals surface area (Å²) in [6.45, 7) is 2.09. The number of aromatic nitrogens is 4. The predicted octanol–water partition coefficient (Wildman–Crippen LogP) is 4.72. The molecule has 0 radical (unpaired) electrons. The Morgan fingerprint density at radius 1 is 1.03 bits per heavy atom. The second-order valence-corrected chi connectivity index (χ2v) is 8.28. The number of hydrogen-bond donors (Lipinski definition) is 1. The van der Waals surface area contributed by atoms with Crippen molar-refractivity contribution < 1.29 is 4.79 Å². The average molecular weight is 457 g/mol. The van der Waals surface area contributed by atoms with Crippen LogP contribution in [0, 0.1) is 6.92 Å². The Bertz CT molecular complexity index is 1320. The number of amides is 1. The zero-order valence-electron chi connectivity index (χ0n) is 17.9. The number of allylic oxidation sites excluding steroid dienone is 1. The van der Waals surface area contributed by atoms with Crippen molar-refractivity contribution in [3.63, 3.8) is 0 Å². The Hall–Kier alpha value is -3.97. The van der Waals surface area contributed by atoms with E-state index in [0.717, 1.165) is 16.8 Å². The Labute approximate surface area is 196 Å². The summed E-state index contributed by atoms with van der Waals surface area (Å²) in [7, 11) is 0. The highest BCUT2D eigenvalue weighted by molar-refractivity contribution is 6.30. The molecule has 1 aromatic heterocycles. The minimum absolute atomic E-state index is 0.0359. The van der Waals surface area contributed by atoms with Gasteiger partial charge >= 0.3 is 0 Å². The van der Waals surface area contributed by atoms with Gasteiger partial charge in [-0.2, -0.15) is 4.68 Å². The fraction of sp³-hybridized carbons (Fsp3) is 0.120. The molecular weight excluding hydrogens is 436 g/mol. The molecule has 1 atom stereocenters. The zero-order valence-corrected chi connectivity index (χ0v) is 18.6. The van der Waals surface area contributed by atoms with Crippen molar-refractivity contribution in [3.8, 4) is 0 Å². The molecule has 2 heterocycles. The third-order valence-electron chi connectivity index (χ3n) is 5.49. The van der Waals surface area contributed by atoms with Gasteiger partial charge in [-0.1, -0.05) is 82.9 Å². The number of aryl methyl sites for hydroxylation is 1. The maximum Gasteiger partial charge on any atom is 0.251 e. The Morgan fingerprint density at radius 2 is 1.82 bits per heavy atom. The molecule has 5 rings (SSSR count). The van der Waals surface area contributed by atoms with Crippen LogP contribution in [-0.4, -0.2) is 32.7 Å². The van der Waals surface area contributed by atoms with Gasteiger partial charge in [-0.3, -0.25) is 9.69 Å². The number of nitrogens with one attached hydrogen (secondary N) is 1. The standard InChI is InChI=1S/C25H21ClN6O/c1-17-10-12-19(13-11-17)23-15-22(18-6-3-2-4-7-18)31(25-28-29-30-32(23)25)16-24(33)27-21-9-5-8-20(26)14-21/h2-15,23H,16H2,1H3,(H,27,33)/t23-/m0/s1. The molecule has 0 saturated heterocycles. The van der Waals surface area contributed by atoms with Crippen molar-refractivity contribution in [1.29, 1.82) is 0 Å². The molecule has 0 saturated carbocycles. The lowest BCUT2D eigenvalue weighted by atomic mass is 10.00. The summed E-state index contributed by atoms with van der Waals surface area (Å²) in [5.41, 5.74) is 4.71. The molecule has 1 amide bonds. The van der Waals surface area contributed by atoms with Crippen LogP contribution in [0.15, 0.2) is 84.9 Å². The molecule has 33 heavy (non-hydrogen) atoms. The van der Waals surface area contributed by atoms with Gasteiger partial charge in [0.2, 0.25) is 5.91 Å². The molecular formula is C25H21ClN6O. The van der Waals surface area contributed by atoms with E-state index in [1.54, 1.807) is 28.9 Å². The van der Waals surface area contributed by atoms with Crippen LogP contribution in [0.4, 0.5) is 11.6 Å². The first-order chi connectivity index (χ1) is 16.1. The largest absolute Gasteiger partial charge is 0.324 e. The normalized spacial score (nSPS) is 15.0. The number of tetrazole rings is 1. The molecule has 4 aromatic rings. The van der Waals surface area contributed by atoms with Gasteiger partial charge in [-0.25, -0.2) is 0 Å². The molecule has 1 aliphatic heterocycles. The monoisotopic (exact) mass is 456 g/mol. The quantitative estimate of drug-likeness (QED) is 0.470. The summed E-state index contributed by atoms with van der Waals surface area (Å²) < 4.78 is 1.74. The van der Waals surface area contributed by atoms with Gasteiger partial charge in [0.15, 0.2) is 0 Å². The molecule has 0 fully saturated rings. The highest BCUT2D eigenvalue weighted by atomic mass is 35.5. The van der Waals surface area contributed by atoms with E-state index in [2.05, 4.69) is 58.1 Å². The number of benzene rings is 3. The number of carbonyl (C=O) groups excluding carboxylic acids is 1. The third kappa shape index (κ3) is 4.36. The second kappa shape index (κ2) is 8.88. The van der Waals surface area contributed by atoms with Crippen molar-refractivity contribution in [2.45, 2.75) is 13.0 Å². The van der Waals surface area contributed by atoms with E-state index in [1.807, 2.05) is 35.2 Å². The Balaban J connectivity index is 1.53. The van der Waals surface area contributed by atoms with Gasteiger partial charge in [0.05, 0.1) is 5.70 Å². The molecule has 0 spiro atoms. The smallest absolute Gasteiger partial charge is 0.251 e. The lowest BCUT2D eigenvalue weighted by Gasteiger charge is -2.32. The summed E-state index contributed by atoms with van der Waals surface area (Å²) in [5.74, 6) is 0.297. The molecule has 3 aromatic carbocycles. The van der Waals surface area contributed by atoms with E-state index in [4.69, 9.17) is 11.6 Å². The topological polar surface area (TPSA) is 75.9 Å². The minimum atomic E-state index is -0.206. The van der Waals surface area contributed by atoms with Crippen LogP contribution in [-0.2, 0) is 4.79 Å². The average Bonchev–Trinajstić information content (AvgIpc) is 3.31. The van der Waals surface area contributed by atoms with Gasteiger partial charge < -0.3 is 5.32 Å². The van der Waals surface area contributed by atoms with Crippen LogP contribution >= 0.6 is 11.6 Å². The van der Waals surface area contributed by atoms with Crippen molar-refractivity contribution >= 4 is 34.8 Å². The number of halogens is 1. The van der Waals surface area contributed by atoms with Crippen LogP contribution in [0.25, 0.3) is 5.70 Å². The Morgan fingerprint density at radius 3 is 2.58 bits per heavy atom.